The van der Waals surface area contributed by atoms with Crippen LogP contribution in [0.25, 0.3) is 0 Å². The van der Waals surface area contributed by atoms with Crippen molar-refractivity contribution in [1.82, 2.24) is 9.97 Å². The summed E-state index contributed by atoms with van der Waals surface area (Å²) in [5.74, 6) is -2.36. The molecule has 1 aromatic heterocycles. The van der Waals surface area contributed by atoms with Crippen LogP contribution in [0, 0.1) is 0 Å². The van der Waals surface area contributed by atoms with E-state index in [9.17, 15) is 31.1 Å². The Morgan fingerprint density at radius 3 is 2.18 bits per heavy atom. The van der Waals surface area contributed by atoms with E-state index in [-0.39, 0.29) is 12.3 Å². The first-order chi connectivity index (χ1) is 15.4. The maximum atomic E-state index is 13.5. The van der Waals surface area contributed by atoms with E-state index in [2.05, 4.69) is 20.0 Å². The molecule has 0 amide bonds. The second-order valence-corrected chi connectivity index (χ2v) is 6.79. The molecule has 0 aliphatic carbocycles. The molecule has 6 nitrogen and oxygen atoms in total. The van der Waals surface area contributed by atoms with Gasteiger partial charge in [0.1, 0.15) is 17.9 Å². The predicted octanol–water partition coefficient (Wildman–Crippen LogP) is 6.15. The fourth-order valence-corrected chi connectivity index (χ4v) is 2.61. The molecular formula is C20H12ClF6N3O3. The largest absolute Gasteiger partial charge is 0.573 e. The van der Waals surface area contributed by atoms with Crippen molar-refractivity contribution in [3.8, 4) is 5.75 Å². The molecule has 0 bridgehead atoms. The van der Waals surface area contributed by atoms with Crippen molar-refractivity contribution in [3.05, 3.63) is 76.6 Å². The zero-order valence-electron chi connectivity index (χ0n) is 16.2. The molecule has 0 spiro atoms. The van der Waals surface area contributed by atoms with Crippen LogP contribution in [0.5, 0.6) is 5.75 Å². The van der Waals surface area contributed by atoms with E-state index in [0.29, 0.717) is 16.8 Å². The number of hydrogen-bond acceptors (Lipinski definition) is 6. The number of nitrogens with one attached hydrogen (secondary N) is 1. The molecule has 0 aliphatic rings. The van der Waals surface area contributed by atoms with Crippen LogP contribution < -0.4 is 10.1 Å². The topological polar surface area (TPSA) is 73.3 Å². The number of carbonyl (C=O) groups is 1. The highest BCUT2D eigenvalue weighted by Gasteiger charge is 2.38. The molecular weight excluding hydrogens is 480 g/mol. The van der Waals surface area contributed by atoms with Gasteiger partial charge in [0, 0.05) is 16.9 Å². The van der Waals surface area contributed by atoms with Gasteiger partial charge in [-0.3, -0.25) is 0 Å². The second-order valence-electron chi connectivity index (χ2n) is 6.35. The van der Waals surface area contributed by atoms with E-state index in [1.165, 1.54) is 24.3 Å². The third-order valence-corrected chi connectivity index (χ3v) is 4.16. The Hall–Kier alpha value is -3.54. The van der Waals surface area contributed by atoms with Crippen LogP contribution in [0.15, 0.2) is 54.7 Å². The normalized spacial score (nSPS) is 11.7. The number of nitrogens with zero attached hydrogens (tertiary/aromatic N) is 2. The highest BCUT2D eigenvalue weighted by atomic mass is 35.5. The number of aromatic nitrogens is 2. The molecule has 0 radical (unpaired) electrons. The third kappa shape index (κ3) is 6.97. The fourth-order valence-electron chi connectivity index (χ4n) is 2.48. The lowest BCUT2D eigenvalue weighted by Gasteiger charge is -2.13. The fraction of sp³-hybridized carbons (Fsp3) is 0.150. The van der Waals surface area contributed by atoms with Crippen molar-refractivity contribution in [2.24, 2.45) is 0 Å². The van der Waals surface area contributed by atoms with Crippen LogP contribution >= 0.6 is 11.6 Å². The first-order valence-corrected chi connectivity index (χ1v) is 9.27. The summed E-state index contributed by atoms with van der Waals surface area (Å²) in [6, 6.07) is 10.3. The minimum atomic E-state index is -5.02. The Labute approximate surface area is 187 Å². The molecule has 0 fully saturated rings. The van der Waals surface area contributed by atoms with Crippen molar-refractivity contribution in [3.63, 3.8) is 0 Å². The molecule has 33 heavy (non-hydrogen) atoms. The number of rotatable bonds is 6. The van der Waals surface area contributed by atoms with Crippen LogP contribution in [0.4, 0.5) is 38.0 Å². The van der Waals surface area contributed by atoms with Crippen LogP contribution in [0.2, 0.25) is 5.02 Å². The summed E-state index contributed by atoms with van der Waals surface area (Å²) < 4.78 is 85.7. The molecule has 1 N–H and O–H groups in total. The molecule has 3 aromatic rings. The van der Waals surface area contributed by atoms with Crippen molar-refractivity contribution in [1.29, 1.82) is 0 Å². The van der Waals surface area contributed by atoms with Gasteiger partial charge in [-0.25, -0.2) is 14.8 Å². The molecule has 13 heteroatoms. The van der Waals surface area contributed by atoms with E-state index in [4.69, 9.17) is 16.3 Å². The molecule has 0 saturated heterocycles. The predicted molar refractivity (Wildman–Crippen MR) is 104 cm³/mol. The van der Waals surface area contributed by atoms with Gasteiger partial charge in [-0.1, -0.05) is 23.7 Å². The standard InChI is InChI=1S/C20H12ClF6N3O3/c21-12-3-1-11(2-4-12)10-32-17(31)15-9-28-18(30-16(15)19(22,23)24)29-13-5-7-14(8-6-13)33-20(25,26)27/h1-9H,10H2,(H,28,29,30). The summed E-state index contributed by atoms with van der Waals surface area (Å²) in [7, 11) is 0. The monoisotopic (exact) mass is 491 g/mol. The lowest BCUT2D eigenvalue weighted by Crippen LogP contribution is -2.19. The third-order valence-electron chi connectivity index (χ3n) is 3.90. The summed E-state index contributed by atoms with van der Waals surface area (Å²) in [6.45, 7) is -0.306. The van der Waals surface area contributed by atoms with E-state index >= 15 is 0 Å². The zero-order valence-corrected chi connectivity index (χ0v) is 16.9. The van der Waals surface area contributed by atoms with Crippen molar-refractivity contribution >= 4 is 29.2 Å². The minimum absolute atomic E-state index is 0.0794. The van der Waals surface area contributed by atoms with E-state index in [0.717, 1.165) is 24.3 Å². The average molecular weight is 492 g/mol. The zero-order chi connectivity index (χ0) is 24.2. The van der Waals surface area contributed by atoms with Crippen LogP contribution in [0.1, 0.15) is 21.6 Å². The maximum Gasteiger partial charge on any atom is 0.573 e. The maximum absolute atomic E-state index is 13.5. The van der Waals surface area contributed by atoms with Gasteiger partial charge in [0.25, 0.3) is 0 Å². The number of esters is 1. The van der Waals surface area contributed by atoms with E-state index < -0.39 is 41.5 Å². The highest BCUT2D eigenvalue weighted by molar-refractivity contribution is 6.30. The van der Waals surface area contributed by atoms with Crippen LogP contribution in [-0.2, 0) is 17.5 Å². The van der Waals surface area contributed by atoms with Gasteiger partial charge in [0.2, 0.25) is 5.95 Å². The minimum Gasteiger partial charge on any atom is -0.457 e. The van der Waals surface area contributed by atoms with Crippen LogP contribution in [-0.4, -0.2) is 22.3 Å². The number of halogens is 7. The Kier molecular flexibility index (Phi) is 6.96. The summed E-state index contributed by atoms with van der Waals surface area (Å²) in [6.07, 6.45) is -9.26. The molecule has 0 atom stereocenters. The molecule has 174 valence electrons. The highest BCUT2D eigenvalue weighted by Crippen LogP contribution is 2.32. The summed E-state index contributed by atoms with van der Waals surface area (Å²) in [4.78, 5) is 19.2. The molecule has 2 aromatic carbocycles. The molecule has 3 rings (SSSR count). The van der Waals surface area contributed by atoms with Gasteiger partial charge in [-0.2, -0.15) is 13.2 Å². The summed E-state index contributed by atoms with van der Waals surface area (Å²) in [5, 5.41) is 2.85. The lowest BCUT2D eigenvalue weighted by atomic mass is 10.2. The first kappa shape index (κ1) is 24.1. The number of benzene rings is 2. The van der Waals surface area contributed by atoms with Gasteiger partial charge >= 0.3 is 18.5 Å². The molecule has 0 aliphatic heterocycles. The SMILES string of the molecule is O=C(OCc1ccc(Cl)cc1)c1cnc(Nc2ccc(OC(F)(F)F)cc2)nc1C(F)(F)F. The van der Waals surface area contributed by atoms with Gasteiger partial charge in [0.05, 0.1) is 0 Å². The Bertz CT molecular complexity index is 1120. The first-order valence-electron chi connectivity index (χ1n) is 8.89. The smallest absolute Gasteiger partial charge is 0.457 e. The summed E-state index contributed by atoms with van der Waals surface area (Å²) in [5.41, 5.74) is -1.87. The van der Waals surface area contributed by atoms with E-state index in [1.54, 1.807) is 0 Å². The van der Waals surface area contributed by atoms with Gasteiger partial charge in [-0.05, 0) is 42.0 Å². The van der Waals surface area contributed by atoms with E-state index in [1.807, 2.05) is 0 Å². The average Bonchev–Trinajstić information content (AvgIpc) is 2.73. The van der Waals surface area contributed by atoms with Crippen molar-refractivity contribution in [2.75, 3.05) is 5.32 Å². The van der Waals surface area contributed by atoms with Crippen molar-refractivity contribution < 1.29 is 40.6 Å². The Morgan fingerprint density at radius 1 is 0.970 bits per heavy atom. The van der Waals surface area contributed by atoms with Crippen LogP contribution in [0.3, 0.4) is 0 Å². The molecule has 0 saturated carbocycles. The Morgan fingerprint density at radius 2 is 1.61 bits per heavy atom. The number of ether oxygens (including phenoxy) is 2. The number of carbonyl (C=O) groups excluding carboxylic acids is 1. The molecule has 0 unspecified atom stereocenters. The number of hydrogen-bond donors (Lipinski definition) is 1. The number of anilines is 2. The molecule has 1 heterocycles. The number of alkyl halides is 6. The second kappa shape index (κ2) is 9.53. The van der Waals surface area contributed by atoms with Gasteiger partial charge in [0.15, 0.2) is 5.69 Å². The quantitative estimate of drug-likeness (QED) is 0.329. The van der Waals surface area contributed by atoms with Gasteiger partial charge < -0.3 is 14.8 Å². The van der Waals surface area contributed by atoms with Gasteiger partial charge in [-0.15, -0.1) is 13.2 Å². The Balaban J connectivity index is 1.76. The van der Waals surface area contributed by atoms with Crippen molar-refractivity contribution in [2.45, 2.75) is 19.1 Å². The lowest BCUT2D eigenvalue weighted by molar-refractivity contribution is -0.274. The summed E-state index contributed by atoms with van der Waals surface area (Å²) >= 11 is 5.74.